The topological polar surface area (TPSA) is 42.2 Å². The molecule has 3 aromatic rings. The number of benzene rings is 1. The standard InChI is InChI=1S/C16H16FN3OS/c1-11(20(2)10-12-6-3-4-7-13(12)17)15-18-19-16(21-15)14-8-5-9-22-14/h3-9,11H,10H2,1-2H3/t11-/m1/s1. The van der Waals surface area contributed by atoms with Crippen molar-refractivity contribution in [2.24, 2.45) is 0 Å². The van der Waals surface area contributed by atoms with Gasteiger partial charge in [0.25, 0.3) is 5.89 Å². The number of halogens is 1. The number of thiophene rings is 1. The number of hydrogen-bond acceptors (Lipinski definition) is 5. The maximum atomic E-state index is 13.7. The van der Waals surface area contributed by atoms with Crippen molar-refractivity contribution >= 4 is 11.3 Å². The first kappa shape index (κ1) is 14.9. The molecular weight excluding hydrogens is 301 g/mol. The van der Waals surface area contributed by atoms with Crippen LogP contribution < -0.4 is 0 Å². The molecule has 4 nitrogen and oxygen atoms in total. The van der Waals surface area contributed by atoms with Gasteiger partial charge in [-0.25, -0.2) is 4.39 Å². The number of rotatable bonds is 5. The lowest BCUT2D eigenvalue weighted by Crippen LogP contribution is -2.22. The fourth-order valence-corrected chi connectivity index (χ4v) is 2.77. The van der Waals surface area contributed by atoms with Crippen LogP contribution in [0.15, 0.2) is 46.2 Å². The molecule has 0 aliphatic heterocycles. The summed E-state index contributed by atoms with van der Waals surface area (Å²) in [5, 5.41) is 10.2. The highest BCUT2D eigenvalue weighted by atomic mass is 32.1. The van der Waals surface area contributed by atoms with Gasteiger partial charge in [-0.15, -0.1) is 21.5 Å². The van der Waals surface area contributed by atoms with E-state index in [2.05, 4.69) is 10.2 Å². The summed E-state index contributed by atoms with van der Waals surface area (Å²) in [6.07, 6.45) is 0. The predicted molar refractivity (Wildman–Crippen MR) is 83.9 cm³/mol. The van der Waals surface area contributed by atoms with Crippen LogP contribution in [-0.2, 0) is 6.54 Å². The minimum atomic E-state index is -0.202. The molecule has 0 N–H and O–H groups in total. The zero-order valence-corrected chi connectivity index (χ0v) is 13.2. The first-order valence-corrected chi connectivity index (χ1v) is 7.84. The molecule has 22 heavy (non-hydrogen) atoms. The summed E-state index contributed by atoms with van der Waals surface area (Å²) in [5.74, 6) is 0.852. The first-order valence-electron chi connectivity index (χ1n) is 6.96. The Balaban J connectivity index is 1.73. The Bertz CT molecular complexity index is 741. The Hall–Kier alpha value is -2.05. The average molecular weight is 317 g/mol. The highest BCUT2D eigenvalue weighted by molar-refractivity contribution is 7.13. The molecule has 2 heterocycles. The molecule has 3 rings (SSSR count). The van der Waals surface area contributed by atoms with Crippen LogP contribution in [-0.4, -0.2) is 22.1 Å². The Morgan fingerprint density at radius 1 is 1.23 bits per heavy atom. The zero-order valence-electron chi connectivity index (χ0n) is 12.4. The largest absolute Gasteiger partial charge is 0.418 e. The van der Waals surface area contributed by atoms with Gasteiger partial charge in [0.05, 0.1) is 10.9 Å². The summed E-state index contributed by atoms with van der Waals surface area (Å²) in [6.45, 7) is 2.44. The lowest BCUT2D eigenvalue weighted by molar-refractivity contribution is 0.215. The van der Waals surface area contributed by atoms with Crippen LogP contribution in [0.2, 0.25) is 0 Å². The number of nitrogens with zero attached hydrogens (tertiary/aromatic N) is 3. The Kier molecular flexibility index (Phi) is 4.31. The molecule has 0 amide bonds. The predicted octanol–water partition coefficient (Wildman–Crippen LogP) is 4.13. The summed E-state index contributed by atoms with van der Waals surface area (Å²) in [4.78, 5) is 2.92. The van der Waals surface area contributed by atoms with Crippen LogP contribution in [0.3, 0.4) is 0 Å². The highest BCUT2D eigenvalue weighted by Gasteiger charge is 2.20. The molecule has 0 aliphatic carbocycles. The van der Waals surface area contributed by atoms with Gasteiger partial charge in [0.1, 0.15) is 5.82 Å². The zero-order chi connectivity index (χ0) is 15.5. The van der Waals surface area contributed by atoms with Crippen LogP contribution >= 0.6 is 11.3 Å². The summed E-state index contributed by atoms with van der Waals surface area (Å²) >= 11 is 1.55. The van der Waals surface area contributed by atoms with Crippen LogP contribution in [0, 0.1) is 5.82 Å². The summed E-state index contributed by atoms with van der Waals surface area (Å²) in [6, 6.07) is 10.6. The van der Waals surface area contributed by atoms with Gasteiger partial charge < -0.3 is 4.42 Å². The van der Waals surface area contributed by atoms with Gasteiger partial charge in [-0.1, -0.05) is 24.3 Å². The van der Waals surface area contributed by atoms with Crippen molar-refractivity contribution in [1.29, 1.82) is 0 Å². The Labute approximate surface area is 132 Å². The molecule has 114 valence electrons. The van der Waals surface area contributed by atoms with Gasteiger partial charge >= 0.3 is 0 Å². The molecule has 1 aromatic carbocycles. The fraction of sp³-hybridized carbons (Fsp3) is 0.250. The van der Waals surface area contributed by atoms with E-state index in [0.29, 0.717) is 23.9 Å². The van der Waals surface area contributed by atoms with E-state index >= 15 is 0 Å². The van der Waals surface area contributed by atoms with E-state index in [9.17, 15) is 4.39 Å². The van der Waals surface area contributed by atoms with Crippen molar-refractivity contribution in [3.8, 4) is 10.8 Å². The van der Waals surface area contributed by atoms with E-state index < -0.39 is 0 Å². The van der Waals surface area contributed by atoms with Gasteiger partial charge in [-0.2, -0.15) is 0 Å². The van der Waals surface area contributed by atoms with Crippen LogP contribution in [0.25, 0.3) is 10.8 Å². The maximum absolute atomic E-state index is 13.7. The van der Waals surface area contributed by atoms with Crippen LogP contribution in [0.5, 0.6) is 0 Å². The van der Waals surface area contributed by atoms with Crippen molar-refractivity contribution in [3.63, 3.8) is 0 Å². The normalized spacial score (nSPS) is 12.7. The second-order valence-electron chi connectivity index (χ2n) is 5.11. The molecule has 1 atom stereocenters. The summed E-state index contributed by atoms with van der Waals surface area (Å²) in [5.41, 5.74) is 0.648. The third-order valence-electron chi connectivity index (χ3n) is 3.57. The van der Waals surface area contributed by atoms with Crippen LogP contribution in [0.4, 0.5) is 4.39 Å². The van der Waals surface area contributed by atoms with Crippen molar-refractivity contribution in [3.05, 3.63) is 59.0 Å². The molecular formula is C16H16FN3OS. The molecule has 0 saturated heterocycles. The van der Waals surface area contributed by atoms with Crippen molar-refractivity contribution in [2.45, 2.75) is 19.5 Å². The molecule has 0 radical (unpaired) electrons. The molecule has 0 aliphatic rings. The second kappa shape index (κ2) is 6.37. The van der Waals surface area contributed by atoms with E-state index in [-0.39, 0.29) is 11.9 Å². The molecule has 0 saturated carbocycles. The minimum Gasteiger partial charge on any atom is -0.418 e. The third-order valence-corrected chi connectivity index (χ3v) is 4.43. The quantitative estimate of drug-likeness (QED) is 0.709. The molecule has 6 heteroatoms. The van der Waals surface area contributed by atoms with E-state index in [4.69, 9.17) is 4.42 Å². The number of hydrogen-bond donors (Lipinski definition) is 0. The molecule has 0 unspecified atom stereocenters. The first-order chi connectivity index (χ1) is 10.6. The lowest BCUT2D eigenvalue weighted by Gasteiger charge is -2.21. The van der Waals surface area contributed by atoms with E-state index in [1.165, 1.54) is 6.07 Å². The molecule has 0 spiro atoms. The number of aromatic nitrogens is 2. The molecule has 2 aromatic heterocycles. The summed E-state index contributed by atoms with van der Waals surface area (Å²) in [7, 11) is 1.91. The van der Waals surface area contributed by atoms with Crippen molar-refractivity contribution in [1.82, 2.24) is 15.1 Å². The van der Waals surface area contributed by atoms with Gasteiger partial charge in [-0.3, -0.25) is 4.90 Å². The third kappa shape index (κ3) is 3.08. The Morgan fingerprint density at radius 3 is 2.77 bits per heavy atom. The summed E-state index contributed by atoms with van der Waals surface area (Å²) < 4.78 is 19.5. The van der Waals surface area contributed by atoms with E-state index in [1.54, 1.807) is 23.5 Å². The SMILES string of the molecule is C[C@H](c1nnc(-c2cccs2)o1)N(C)Cc1ccccc1F. The van der Waals surface area contributed by atoms with Crippen molar-refractivity contribution < 1.29 is 8.81 Å². The maximum Gasteiger partial charge on any atom is 0.257 e. The fourth-order valence-electron chi connectivity index (χ4n) is 2.12. The average Bonchev–Trinajstić information content (AvgIpc) is 3.19. The second-order valence-corrected chi connectivity index (χ2v) is 6.05. The van der Waals surface area contributed by atoms with E-state index in [0.717, 1.165) is 4.88 Å². The Morgan fingerprint density at radius 2 is 2.05 bits per heavy atom. The van der Waals surface area contributed by atoms with Gasteiger partial charge in [-0.05, 0) is 31.5 Å². The van der Waals surface area contributed by atoms with Crippen LogP contribution in [0.1, 0.15) is 24.4 Å². The van der Waals surface area contributed by atoms with Gasteiger partial charge in [0, 0.05) is 12.1 Å². The van der Waals surface area contributed by atoms with Gasteiger partial charge in [0.2, 0.25) is 5.89 Å². The highest BCUT2D eigenvalue weighted by Crippen LogP contribution is 2.27. The smallest absolute Gasteiger partial charge is 0.257 e. The van der Waals surface area contributed by atoms with E-state index in [1.807, 2.05) is 42.5 Å². The van der Waals surface area contributed by atoms with Crippen molar-refractivity contribution in [2.75, 3.05) is 7.05 Å². The molecule has 0 fully saturated rings. The monoisotopic (exact) mass is 317 g/mol. The lowest BCUT2D eigenvalue weighted by atomic mass is 10.2. The minimum absolute atomic E-state index is 0.0965. The molecule has 0 bridgehead atoms. The van der Waals surface area contributed by atoms with Gasteiger partial charge in [0.15, 0.2) is 0 Å².